The molecule has 0 unspecified atom stereocenters. The average molecular weight is 213 g/mol. The first kappa shape index (κ1) is 11.4. The molecule has 0 amide bonds. The highest BCUT2D eigenvalue weighted by atomic mass is 16.3. The summed E-state index contributed by atoms with van der Waals surface area (Å²) in [5, 5.41) is 19.8. The van der Waals surface area contributed by atoms with Gasteiger partial charge in [-0.05, 0) is 32.6 Å². The van der Waals surface area contributed by atoms with Crippen molar-refractivity contribution in [3.63, 3.8) is 0 Å². The number of aliphatic hydroxyl groups is 2. The van der Waals surface area contributed by atoms with E-state index in [1.165, 1.54) is 12.8 Å². The summed E-state index contributed by atoms with van der Waals surface area (Å²) in [4.78, 5) is 2.38. The molecule has 0 spiro atoms. The van der Waals surface area contributed by atoms with Crippen LogP contribution in [0, 0.1) is 0 Å². The molecule has 2 aliphatic rings. The predicted octanol–water partition coefficient (Wildman–Crippen LogP) is 1.14. The lowest BCUT2D eigenvalue weighted by Crippen LogP contribution is -2.51. The van der Waals surface area contributed by atoms with E-state index in [1.54, 1.807) is 0 Å². The highest BCUT2D eigenvalue weighted by Crippen LogP contribution is 2.28. The highest BCUT2D eigenvalue weighted by molar-refractivity contribution is 4.89. The van der Waals surface area contributed by atoms with E-state index in [2.05, 4.69) is 4.90 Å². The molecule has 0 radical (unpaired) electrons. The first-order valence-electron chi connectivity index (χ1n) is 6.23. The van der Waals surface area contributed by atoms with Crippen LogP contribution in [0.15, 0.2) is 0 Å². The van der Waals surface area contributed by atoms with Crippen LogP contribution in [0.2, 0.25) is 0 Å². The largest absolute Gasteiger partial charge is 0.391 e. The van der Waals surface area contributed by atoms with E-state index < -0.39 is 5.60 Å². The van der Waals surface area contributed by atoms with Gasteiger partial charge in [0.05, 0.1) is 11.7 Å². The maximum Gasteiger partial charge on any atom is 0.0695 e. The van der Waals surface area contributed by atoms with Crippen LogP contribution in [0.25, 0.3) is 0 Å². The summed E-state index contributed by atoms with van der Waals surface area (Å²) in [6, 6.07) is 0.356. The van der Waals surface area contributed by atoms with Crippen molar-refractivity contribution in [2.24, 2.45) is 0 Å². The summed E-state index contributed by atoms with van der Waals surface area (Å²) in [5.41, 5.74) is -0.476. The molecule has 2 N–H and O–H groups in total. The summed E-state index contributed by atoms with van der Waals surface area (Å²) >= 11 is 0. The quantitative estimate of drug-likeness (QED) is 0.686. The van der Waals surface area contributed by atoms with Crippen LogP contribution < -0.4 is 0 Å². The van der Waals surface area contributed by atoms with Crippen LogP contribution in [-0.4, -0.2) is 45.9 Å². The van der Waals surface area contributed by atoms with Crippen molar-refractivity contribution in [2.75, 3.05) is 13.1 Å². The van der Waals surface area contributed by atoms with Gasteiger partial charge in [0.1, 0.15) is 0 Å². The third-order valence-corrected chi connectivity index (χ3v) is 4.04. The summed E-state index contributed by atoms with van der Waals surface area (Å²) in [5.74, 6) is 0. The Morgan fingerprint density at radius 2 is 1.73 bits per heavy atom. The van der Waals surface area contributed by atoms with Gasteiger partial charge in [-0.25, -0.2) is 0 Å². The van der Waals surface area contributed by atoms with E-state index in [-0.39, 0.29) is 6.10 Å². The molecule has 0 aromatic heterocycles. The monoisotopic (exact) mass is 213 g/mol. The van der Waals surface area contributed by atoms with E-state index in [0.717, 1.165) is 38.8 Å². The normalized spacial score (nSPS) is 37.8. The number of piperidine rings is 1. The van der Waals surface area contributed by atoms with Crippen molar-refractivity contribution in [1.82, 2.24) is 4.90 Å². The smallest absolute Gasteiger partial charge is 0.0695 e. The minimum Gasteiger partial charge on any atom is -0.391 e. The van der Waals surface area contributed by atoms with Crippen LogP contribution in [0.5, 0.6) is 0 Å². The molecule has 1 aliphatic heterocycles. The Kier molecular flexibility index (Phi) is 3.33. The third-order valence-electron chi connectivity index (χ3n) is 4.04. The maximum atomic E-state index is 9.95. The minimum absolute atomic E-state index is 0.137. The van der Waals surface area contributed by atoms with Gasteiger partial charge in [0.15, 0.2) is 0 Å². The fourth-order valence-electron chi connectivity index (χ4n) is 2.86. The third kappa shape index (κ3) is 2.71. The Bertz CT molecular complexity index is 208. The molecule has 1 heterocycles. The first-order chi connectivity index (χ1) is 7.08. The zero-order chi connectivity index (χ0) is 10.9. The lowest BCUT2D eigenvalue weighted by molar-refractivity contribution is -0.0476. The molecule has 88 valence electrons. The zero-order valence-electron chi connectivity index (χ0n) is 9.65. The van der Waals surface area contributed by atoms with Gasteiger partial charge < -0.3 is 10.2 Å². The van der Waals surface area contributed by atoms with Gasteiger partial charge in [-0.2, -0.15) is 0 Å². The summed E-state index contributed by atoms with van der Waals surface area (Å²) in [7, 11) is 0. The van der Waals surface area contributed by atoms with Crippen molar-refractivity contribution in [3.05, 3.63) is 0 Å². The van der Waals surface area contributed by atoms with Gasteiger partial charge in [0.25, 0.3) is 0 Å². The van der Waals surface area contributed by atoms with E-state index in [9.17, 15) is 10.2 Å². The van der Waals surface area contributed by atoms with Gasteiger partial charge >= 0.3 is 0 Å². The second-order valence-corrected chi connectivity index (χ2v) is 5.45. The van der Waals surface area contributed by atoms with Crippen LogP contribution >= 0.6 is 0 Å². The van der Waals surface area contributed by atoms with E-state index in [1.807, 2.05) is 6.92 Å². The maximum absolute atomic E-state index is 9.95. The predicted molar refractivity (Wildman–Crippen MR) is 59.7 cm³/mol. The van der Waals surface area contributed by atoms with Gasteiger partial charge in [-0.15, -0.1) is 0 Å². The van der Waals surface area contributed by atoms with Crippen molar-refractivity contribution >= 4 is 0 Å². The molecule has 1 aliphatic carbocycles. The molecular formula is C12H23NO2. The second kappa shape index (κ2) is 4.40. The number of rotatable bonds is 1. The fraction of sp³-hybridized carbons (Fsp3) is 1.00. The molecule has 2 rings (SSSR count). The molecule has 0 aromatic rings. The summed E-state index contributed by atoms with van der Waals surface area (Å²) < 4.78 is 0. The molecule has 15 heavy (non-hydrogen) atoms. The molecule has 1 saturated carbocycles. The number of hydrogen-bond acceptors (Lipinski definition) is 3. The Morgan fingerprint density at radius 1 is 1.13 bits per heavy atom. The van der Waals surface area contributed by atoms with E-state index in [0.29, 0.717) is 6.04 Å². The molecule has 0 bridgehead atoms. The van der Waals surface area contributed by atoms with Crippen LogP contribution in [0.4, 0.5) is 0 Å². The Balaban J connectivity index is 1.89. The van der Waals surface area contributed by atoms with Crippen LogP contribution in [0.3, 0.4) is 0 Å². The van der Waals surface area contributed by atoms with Crippen LogP contribution in [-0.2, 0) is 0 Å². The molecular weight excluding hydrogens is 190 g/mol. The standard InChI is InChI=1S/C12H23NO2/c1-12(15)6-8-13(9-7-12)10-4-2-3-5-11(10)14/h10-11,14-15H,2-9H2,1H3/t10-,11-/m1/s1. The van der Waals surface area contributed by atoms with Crippen molar-refractivity contribution in [3.8, 4) is 0 Å². The van der Waals surface area contributed by atoms with Gasteiger partial charge in [0, 0.05) is 19.1 Å². The van der Waals surface area contributed by atoms with E-state index >= 15 is 0 Å². The lowest BCUT2D eigenvalue weighted by Gasteiger charge is -2.43. The first-order valence-corrected chi connectivity index (χ1v) is 6.23. The molecule has 1 saturated heterocycles. The Hall–Kier alpha value is -0.120. The van der Waals surface area contributed by atoms with Crippen LogP contribution in [0.1, 0.15) is 45.4 Å². The summed E-state index contributed by atoms with van der Waals surface area (Å²) in [6.45, 7) is 3.80. The number of likely N-dealkylation sites (tertiary alicyclic amines) is 1. The van der Waals surface area contributed by atoms with Gasteiger partial charge in [0.2, 0.25) is 0 Å². The average Bonchev–Trinajstić information content (AvgIpc) is 2.19. The lowest BCUT2D eigenvalue weighted by atomic mass is 9.87. The second-order valence-electron chi connectivity index (χ2n) is 5.45. The molecule has 2 atom stereocenters. The molecule has 2 fully saturated rings. The van der Waals surface area contributed by atoms with Crippen molar-refractivity contribution in [1.29, 1.82) is 0 Å². The van der Waals surface area contributed by atoms with Crippen molar-refractivity contribution in [2.45, 2.75) is 63.2 Å². The number of aliphatic hydroxyl groups excluding tert-OH is 1. The topological polar surface area (TPSA) is 43.7 Å². The molecule has 3 nitrogen and oxygen atoms in total. The minimum atomic E-state index is -0.476. The highest BCUT2D eigenvalue weighted by Gasteiger charge is 2.34. The fourth-order valence-corrected chi connectivity index (χ4v) is 2.86. The van der Waals surface area contributed by atoms with Gasteiger partial charge in [-0.1, -0.05) is 12.8 Å². The number of nitrogens with zero attached hydrogens (tertiary/aromatic N) is 1. The summed E-state index contributed by atoms with van der Waals surface area (Å²) in [6.07, 6.45) is 6.05. The molecule has 3 heteroatoms. The van der Waals surface area contributed by atoms with E-state index in [4.69, 9.17) is 0 Å². The Labute approximate surface area is 92.1 Å². The number of hydrogen-bond donors (Lipinski definition) is 2. The van der Waals surface area contributed by atoms with Crippen molar-refractivity contribution < 1.29 is 10.2 Å². The Morgan fingerprint density at radius 3 is 2.33 bits per heavy atom. The SMILES string of the molecule is CC1(O)CCN([C@@H]2CCCC[C@H]2O)CC1. The zero-order valence-corrected chi connectivity index (χ0v) is 9.65. The molecule has 0 aromatic carbocycles. The van der Waals surface area contributed by atoms with Gasteiger partial charge in [-0.3, -0.25) is 4.90 Å².